The summed E-state index contributed by atoms with van der Waals surface area (Å²) in [7, 11) is 1.22. The Bertz CT molecular complexity index is 416. The number of amides is 1. The van der Waals surface area contributed by atoms with Gasteiger partial charge in [-0.25, -0.2) is 4.79 Å². The van der Waals surface area contributed by atoms with E-state index in [1.54, 1.807) is 0 Å². The van der Waals surface area contributed by atoms with Crippen LogP contribution in [-0.4, -0.2) is 57.8 Å². The molecule has 1 aliphatic heterocycles. The fourth-order valence-electron chi connectivity index (χ4n) is 1.37. The molecule has 0 saturated carbocycles. The summed E-state index contributed by atoms with van der Waals surface area (Å²) in [6.45, 7) is 1.11. The van der Waals surface area contributed by atoms with Crippen LogP contribution in [0.15, 0.2) is 0 Å². The first kappa shape index (κ1) is 13.4. The van der Waals surface area contributed by atoms with Crippen molar-refractivity contribution in [1.29, 1.82) is 0 Å². The zero-order chi connectivity index (χ0) is 13.0. The smallest absolute Gasteiger partial charge is 0.421 e. The summed E-state index contributed by atoms with van der Waals surface area (Å²) >= 11 is 1.36. The molecule has 1 atom stereocenters. The molecule has 0 spiro atoms. The number of hydrogen-bond donors (Lipinski definition) is 0. The molecule has 7 nitrogen and oxygen atoms in total. The van der Waals surface area contributed by atoms with Gasteiger partial charge in [0.15, 0.2) is 0 Å². The third-order valence-corrected chi connectivity index (χ3v) is 3.26. The van der Waals surface area contributed by atoms with Crippen LogP contribution < -0.4 is 0 Å². The predicted octanol–water partition coefficient (Wildman–Crippen LogP) is -0.679. The van der Waals surface area contributed by atoms with Gasteiger partial charge in [0.2, 0.25) is 5.78 Å². The molecular formula is C9H11N3O4S. The lowest BCUT2D eigenvalue weighted by atomic mass is 10.2. The minimum atomic E-state index is -0.764. The minimum absolute atomic E-state index is 0.255. The number of ketones is 1. The fourth-order valence-corrected chi connectivity index (χ4v) is 2.51. The largest absolute Gasteiger partial charge is 0.467 e. The van der Waals surface area contributed by atoms with Gasteiger partial charge in [-0.3, -0.25) is 9.59 Å². The Balaban J connectivity index is 2.92. The maximum Gasteiger partial charge on any atom is 0.421 e. The highest BCUT2D eigenvalue weighted by Crippen LogP contribution is 2.21. The van der Waals surface area contributed by atoms with Gasteiger partial charge in [0.1, 0.15) is 6.04 Å². The van der Waals surface area contributed by atoms with Gasteiger partial charge in [-0.15, -0.1) is 11.8 Å². The number of thioether (sulfide) groups is 1. The second kappa shape index (κ2) is 5.60. The quantitative estimate of drug-likeness (QED) is 0.219. The summed E-state index contributed by atoms with van der Waals surface area (Å²) in [5.41, 5.74) is 8.02. The third kappa shape index (κ3) is 2.72. The average molecular weight is 257 g/mol. The molecule has 92 valence electrons. The number of carbonyl (C=O) groups is 3. The van der Waals surface area contributed by atoms with Gasteiger partial charge in [0, 0.05) is 12.7 Å². The van der Waals surface area contributed by atoms with Crippen LogP contribution in [0.5, 0.6) is 0 Å². The Kier molecular flexibility index (Phi) is 4.42. The van der Waals surface area contributed by atoms with Crippen LogP contribution in [-0.2, 0) is 19.1 Å². The number of esters is 1. The number of nitrogens with zero attached hydrogens (tertiary/aromatic N) is 3. The Labute approximate surface area is 102 Å². The van der Waals surface area contributed by atoms with Gasteiger partial charge < -0.3 is 15.2 Å². The van der Waals surface area contributed by atoms with E-state index >= 15 is 0 Å². The molecule has 0 radical (unpaired) electrons. The van der Waals surface area contributed by atoms with Gasteiger partial charge in [-0.05, 0) is 0 Å². The van der Waals surface area contributed by atoms with Crippen molar-refractivity contribution in [1.82, 2.24) is 4.90 Å². The highest BCUT2D eigenvalue weighted by atomic mass is 32.2. The average Bonchev–Trinajstić information content (AvgIpc) is 2.77. The van der Waals surface area contributed by atoms with Crippen molar-refractivity contribution in [3.05, 3.63) is 5.53 Å². The molecule has 1 amide bonds. The summed E-state index contributed by atoms with van der Waals surface area (Å²) in [6, 6.07) is -0.742. The van der Waals surface area contributed by atoms with Gasteiger partial charge in [-0.2, -0.15) is 4.79 Å². The van der Waals surface area contributed by atoms with Crippen LogP contribution in [0, 0.1) is 0 Å². The summed E-state index contributed by atoms with van der Waals surface area (Å²) in [4.78, 5) is 38.1. The van der Waals surface area contributed by atoms with Gasteiger partial charge >= 0.3 is 17.6 Å². The van der Waals surface area contributed by atoms with E-state index in [9.17, 15) is 14.4 Å². The number of hydrogen-bond acceptors (Lipinski definition) is 5. The SMILES string of the molecule is COC(=O)C1CSCN1C(=O)C(=[N+]=[N-])C(C)=O. The molecule has 1 fully saturated rings. The topological polar surface area (TPSA) is 100 Å². The summed E-state index contributed by atoms with van der Waals surface area (Å²) < 4.78 is 4.55. The van der Waals surface area contributed by atoms with Crippen LogP contribution in [0.25, 0.3) is 5.53 Å². The van der Waals surface area contributed by atoms with E-state index < -0.39 is 29.4 Å². The second-order valence-electron chi connectivity index (χ2n) is 3.32. The van der Waals surface area contributed by atoms with Crippen LogP contribution in [0.2, 0.25) is 0 Å². The lowest BCUT2D eigenvalue weighted by Crippen LogP contribution is -2.47. The first-order valence-electron chi connectivity index (χ1n) is 4.72. The zero-order valence-electron chi connectivity index (χ0n) is 9.37. The van der Waals surface area contributed by atoms with Crippen molar-refractivity contribution in [3.8, 4) is 0 Å². The van der Waals surface area contributed by atoms with E-state index in [0.29, 0.717) is 5.75 Å². The van der Waals surface area contributed by atoms with E-state index in [1.807, 2.05) is 0 Å². The molecule has 1 saturated heterocycles. The first-order chi connectivity index (χ1) is 8.02. The van der Waals surface area contributed by atoms with Crippen molar-refractivity contribution in [2.45, 2.75) is 13.0 Å². The van der Waals surface area contributed by atoms with Crippen LogP contribution >= 0.6 is 11.8 Å². The van der Waals surface area contributed by atoms with Gasteiger partial charge in [-0.1, -0.05) is 0 Å². The molecule has 8 heteroatoms. The molecule has 0 aromatic carbocycles. The van der Waals surface area contributed by atoms with E-state index in [1.165, 1.54) is 18.9 Å². The Hall–Kier alpha value is -1.66. The fraction of sp³-hybridized carbons (Fsp3) is 0.556. The molecular weight excluding hydrogens is 246 g/mol. The highest BCUT2D eigenvalue weighted by molar-refractivity contribution is 7.99. The lowest BCUT2D eigenvalue weighted by molar-refractivity contribution is -0.149. The first-order valence-corrected chi connectivity index (χ1v) is 5.88. The number of carbonyl (C=O) groups excluding carboxylic acids is 3. The van der Waals surface area contributed by atoms with Crippen LogP contribution in [0.3, 0.4) is 0 Å². The molecule has 1 rings (SSSR count). The molecule has 1 heterocycles. The zero-order valence-corrected chi connectivity index (χ0v) is 10.2. The molecule has 0 aromatic rings. The predicted molar refractivity (Wildman–Crippen MR) is 59.3 cm³/mol. The van der Waals surface area contributed by atoms with Crippen molar-refractivity contribution < 1.29 is 23.9 Å². The minimum Gasteiger partial charge on any atom is -0.467 e. The second-order valence-corrected chi connectivity index (χ2v) is 4.32. The summed E-state index contributed by atoms with van der Waals surface area (Å²) in [5, 5.41) is 0. The van der Waals surface area contributed by atoms with Crippen molar-refractivity contribution in [2.24, 2.45) is 0 Å². The number of ether oxygens (including phenoxy) is 1. The van der Waals surface area contributed by atoms with E-state index in [2.05, 4.69) is 9.53 Å². The Morgan fingerprint density at radius 1 is 1.47 bits per heavy atom. The monoisotopic (exact) mass is 257 g/mol. The van der Waals surface area contributed by atoms with Gasteiger partial charge in [0.25, 0.3) is 0 Å². The van der Waals surface area contributed by atoms with E-state index in [4.69, 9.17) is 5.53 Å². The summed E-state index contributed by atoms with van der Waals surface area (Å²) in [6.07, 6.45) is 0. The highest BCUT2D eigenvalue weighted by Gasteiger charge is 2.41. The van der Waals surface area contributed by atoms with Crippen LogP contribution in [0.1, 0.15) is 6.92 Å². The molecule has 1 unspecified atom stereocenters. The van der Waals surface area contributed by atoms with Crippen LogP contribution in [0.4, 0.5) is 0 Å². The number of methoxy groups -OCH3 is 1. The van der Waals surface area contributed by atoms with Crippen molar-refractivity contribution >= 4 is 35.1 Å². The third-order valence-electron chi connectivity index (χ3n) is 2.25. The molecule has 0 aromatic heterocycles. The van der Waals surface area contributed by atoms with Crippen molar-refractivity contribution in [3.63, 3.8) is 0 Å². The Morgan fingerprint density at radius 3 is 2.59 bits per heavy atom. The molecule has 0 N–H and O–H groups in total. The van der Waals surface area contributed by atoms with E-state index in [0.717, 1.165) is 11.8 Å². The Morgan fingerprint density at radius 2 is 2.12 bits per heavy atom. The molecule has 0 bridgehead atoms. The maximum absolute atomic E-state index is 11.8. The molecule has 0 aliphatic carbocycles. The maximum atomic E-state index is 11.8. The number of Topliss-reactive ketones (excluding diaryl/α,β-unsaturated/α-hetero) is 1. The van der Waals surface area contributed by atoms with E-state index in [-0.39, 0.29) is 5.88 Å². The van der Waals surface area contributed by atoms with Crippen molar-refractivity contribution in [2.75, 3.05) is 18.7 Å². The summed E-state index contributed by atoms with van der Waals surface area (Å²) in [5.74, 6) is -1.32. The molecule has 1 aliphatic rings. The number of rotatable bonds is 3. The molecule has 17 heavy (non-hydrogen) atoms. The van der Waals surface area contributed by atoms with Gasteiger partial charge in [0.05, 0.1) is 13.0 Å². The lowest BCUT2D eigenvalue weighted by Gasteiger charge is -2.18. The standard InChI is InChI=1S/C9H11N3O4S/c1-5(13)7(11-10)8(14)12-4-17-3-6(12)9(15)16-2/h6H,3-4H2,1-2H3. The normalized spacial score (nSPS) is 18.5.